The highest BCUT2D eigenvalue weighted by Crippen LogP contribution is 2.39. The van der Waals surface area contributed by atoms with Gasteiger partial charge in [-0.05, 0) is 35.7 Å². The van der Waals surface area contributed by atoms with Crippen LogP contribution in [0.4, 0.5) is 11.5 Å². The van der Waals surface area contributed by atoms with Crippen LogP contribution in [0.3, 0.4) is 0 Å². The van der Waals surface area contributed by atoms with Crippen LogP contribution >= 0.6 is 23.2 Å². The van der Waals surface area contributed by atoms with Gasteiger partial charge >= 0.3 is 5.69 Å². The molecule has 0 unspecified atom stereocenters. The maximum absolute atomic E-state index is 11.6. The van der Waals surface area contributed by atoms with E-state index in [1.165, 1.54) is 20.3 Å². The Hall–Kier alpha value is -3.10. The van der Waals surface area contributed by atoms with Gasteiger partial charge in [0.25, 0.3) is 0 Å². The molecule has 0 aliphatic heterocycles. The summed E-state index contributed by atoms with van der Waals surface area (Å²) in [7, 11) is 2.91. The van der Waals surface area contributed by atoms with Gasteiger partial charge in [-0.1, -0.05) is 23.7 Å². The Bertz CT molecular complexity index is 1140. The molecule has 0 saturated carbocycles. The summed E-state index contributed by atoms with van der Waals surface area (Å²) in [5.74, 6) is 1.04. The quantitative estimate of drug-likeness (QED) is 0.218. The molecule has 0 amide bonds. The van der Waals surface area contributed by atoms with E-state index in [4.69, 9.17) is 32.7 Å². The molecule has 156 valence electrons. The third-order valence-corrected chi connectivity index (χ3v) is 4.88. The second kappa shape index (κ2) is 9.15. The Morgan fingerprint density at radius 3 is 2.60 bits per heavy atom. The number of rotatable bonds is 8. The number of anilines is 1. The number of aromatic nitrogens is 2. The van der Waals surface area contributed by atoms with E-state index in [2.05, 4.69) is 21.9 Å². The fourth-order valence-electron chi connectivity index (χ4n) is 3.11. The molecule has 0 atom stereocenters. The van der Waals surface area contributed by atoms with Gasteiger partial charge in [0, 0.05) is 18.2 Å². The Morgan fingerprint density at radius 1 is 1.23 bits per heavy atom. The van der Waals surface area contributed by atoms with Crippen molar-refractivity contribution in [2.75, 3.05) is 19.5 Å². The minimum absolute atomic E-state index is 0.000943. The molecular weight excluding hydrogens is 431 g/mol. The minimum Gasteiger partial charge on any atom is -0.495 e. The first-order valence-corrected chi connectivity index (χ1v) is 9.53. The number of nitrogens with zero attached hydrogens (tertiary/aromatic N) is 3. The first kappa shape index (κ1) is 21.6. The third kappa shape index (κ3) is 4.24. The molecule has 0 aliphatic rings. The van der Waals surface area contributed by atoms with E-state index >= 15 is 0 Å². The van der Waals surface area contributed by atoms with Gasteiger partial charge in [-0.15, -0.1) is 6.58 Å². The number of halogens is 2. The number of benzene rings is 2. The van der Waals surface area contributed by atoms with Gasteiger partial charge in [0.15, 0.2) is 0 Å². The third-order valence-electron chi connectivity index (χ3n) is 4.42. The average Bonchev–Trinajstić information content (AvgIpc) is 2.72. The molecule has 30 heavy (non-hydrogen) atoms. The van der Waals surface area contributed by atoms with Crippen LogP contribution in [-0.4, -0.2) is 29.1 Å². The highest BCUT2D eigenvalue weighted by atomic mass is 35.5. The van der Waals surface area contributed by atoms with Crippen LogP contribution in [0, 0.1) is 10.1 Å². The minimum atomic E-state index is -0.507. The Labute approximate surface area is 182 Å². The zero-order chi connectivity index (χ0) is 21.8. The zero-order valence-corrected chi connectivity index (χ0v) is 17.8. The highest BCUT2D eigenvalue weighted by Gasteiger charge is 2.24. The van der Waals surface area contributed by atoms with Crippen LogP contribution in [0.2, 0.25) is 10.3 Å². The second-order valence-electron chi connectivity index (χ2n) is 6.22. The number of nitro groups is 1. The fraction of sp³-hybridized carbons (Fsp3) is 0.200. The van der Waals surface area contributed by atoms with Gasteiger partial charge in [0.05, 0.1) is 35.1 Å². The Balaban J connectivity index is 2.11. The van der Waals surface area contributed by atoms with E-state index in [1.807, 2.05) is 6.07 Å². The number of hydrogen-bond acceptors (Lipinski definition) is 7. The topological polar surface area (TPSA) is 99.4 Å². The summed E-state index contributed by atoms with van der Waals surface area (Å²) in [5, 5.41) is 15.7. The van der Waals surface area contributed by atoms with Gasteiger partial charge in [0.1, 0.15) is 11.6 Å². The van der Waals surface area contributed by atoms with Crippen molar-refractivity contribution in [3.63, 3.8) is 0 Å². The van der Waals surface area contributed by atoms with Gasteiger partial charge in [0.2, 0.25) is 11.0 Å². The maximum atomic E-state index is 11.6. The lowest BCUT2D eigenvalue weighted by molar-refractivity contribution is -0.385. The number of hydrogen-bond donors (Lipinski definition) is 1. The van der Waals surface area contributed by atoms with Crippen molar-refractivity contribution in [3.05, 3.63) is 68.5 Å². The molecule has 1 aromatic heterocycles. The van der Waals surface area contributed by atoms with Crippen LogP contribution in [0.15, 0.2) is 36.9 Å². The molecule has 0 aliphatic carbocycles. The maximum Gasteiger partial charge on any atom is 0.312 e. The van der Waals surface area contributed by atoms with Crippen molar-refractivity contribution in [2.45, 2.75) is 13.0 Å². The lowest BCUT2D eigenvalue weighted by Gasteiger charge is -2.14. The molecule has 0 fully saturated rings. The summed E-state index contributed by atoms with van der Waals surface area (Å²) in [4.78, 5) is 19.6. The molecule has 1 N–H and O–H groups in total. The molecule has 0 bridgehead atoms. The number of methoxy groups -OCH3 is 2. The van der Waals surface area contributed by atoms with Crippen molar-refractivity contribution in [1.82, 2.24) is 9.97 Å². The van der Waals surface area contributed by atoms with E-state index < -0.39 is 4.92 Å². The van der Waals surface area contributed by atoms with Crippen molar-refractivity contribution < 1.29 is 14.4 Å². The number of fused-ring (bicyclic) bond motifs is 1. The summed E-state index contributed by atoms with van der Waals surface area (Å²) in [6, 6.07) is 6.73. The Kier molecular flexibility index (Phi) is 6.59. The molecule has 0 saturated heterocycles. The van der Waals surface area contributed by atoms with Gasteiger partial charge in [-0.25, -0.2) is 9.97 Å². The summed E-state index contributed by atoms with van der Waals surface area (Å²) in [6.07, 6.45) is 1.92. The number of nitrogens with one attached hydrogen (secondary N) is 1. The van der Waals surface area contributed by atoms with E-state index in [-0.39, 0.29) is 16.7 Å². The van der Waals surface area contributed by atoms with Crippen LogP contribution in [0.5, 0.6) is 11.5 Å². The number of allylic oxidation sites excluding steroid dienone is 1. The summed E-state index contributed by atoms with van der Waals surface area (Å²) < 4.78 is 10.5. The molecule has 3 rings (SSSR count). The average molecular weight is 449 g/mol. The zero-order valence-electron chi connectivity index (χ0n) is 16.2. The lowest BCUT2D eigenvalue weighted by atomic mass is 10.0. The van der Waals surface area contributed by atoms with Crippen molar-refractivity contribution in [1.29, 1.82) is 0 Å². The predicted molar refractivity (Wildman–Crippen MR) is 117 cm³/mol. The molecule has 2 aromatic carbocycles. The standard InChI is InChI=1S/C20H18Cl2N4O4/c1-4-5-12-17-13(9-15(26(27)28)18(12)30-3)19(25-20(22)24-17)23-10-11-6-7-16(29-2)14(21)8-11/h4,6-9H,1,5,10H2,2-3H3,(H,23,24,25). The summed E-state index contributed by atoms with van der Waals surface area (Å²) in [5.41, 5.74) is 1.63. The van der Waals surface area contributed by atoms with E-state index in [9.17, 15) is 10.1 Å². The molecule has 0 spiro atoms. The van der Waals surface area contributed by atoms with Crippen LogP contribution in [0.25, 0.3) is 10.9 Å². The Morgan fingerprint density at radius 2 is 2.00 bits per heavy atom. The number of nitro benzene ring substituents is 1. The first-order valence-electron chi connectivity index (χ1n) is 8.78. The van der Waals surface area contributed by atoms with Crippen molar-refractivity contribution in [2.24, 2.45) is 0 Å². The monoisotopic (exact) mass is 448 g/mol. The SMILES string of the molecule is C=CCc1c(OC)c([N+](=O)[O-])cc2c(NCc3ccc(OC)c(Cl)c3)nc(Cl)nc12. The normalized spacial score (nSPS) is 10.7. The summed E-state index contributed by atoms with van der Waals surface area (Å²) >= 11 is 12.3. The van der Waals surface area contributed by atoms with E-state index in [1.54, 1.807) is 18.2 Å². The molecule has 10 heteroatoms. The first-order chi connectivity index (χ1) is 14.4. The number of ether oxygens (including phenoxy) is 2. The predicted octanol–water partition coefficient (Wildman–Crippen LogP) is 5.20. The largest absolute Gasteiger partial charge is 0.495 e. The molecule has 3 aromatic rings. The smallest absolute Gasteiger partial charge is 0.312 e. The van der Waals surface area contributed by atoms with Crippen molar-refractivity contribution >= 4 is 45.6 Å². The summed E-state index contributed by atoms with van der Waals surface area (Å²) in [6.45, 7) is 4.07. The molecular formula is C20H18Cl2N4O4. The lowest BCUT2D eigenvalue weighted by Crippen LogP contribution is -2.06. The van der Waals surface area contributed by atoms with Crippen LogP contribution in [-0.2, 0) is 13.0 Å². The molecule has 1 heterocycles. The molecule has 8 nitrogen and oxygen atoms in total. The van der Waals surface area contributed by atoms with Crippen LogP contribution in [0.1, 0.15) is 11.1 Å². The fourth-order valence-corrected chi connectivity index (χ4v) is 3.56. The highest BCUT2D eigenvalue weighted by molar-refractivity contribution is 6.32. The van der Waals surface area contributed by atoms with Gasteiger partial charge in [-0.2, -0.15) is 0 Å². The van der Waals surface area contributed by atoms with Gasteiger partial charge < -0.3 is 14.8 Å². The molecule has 0 radical (unpaired) electrons. The van der Waals surface area contributed by atoms with E-state index in [0.717, 1.165) is 5.56 Å². The van der Waals surface area contributed by atoms with E-state index in [0.29, 0.717) is 46.0 Å². The van der Waals surface area contributed by atoms with Gasteiger partial charge in [-0.3, -0.25) is 10.1 Å². The second-order valence-corrected chi connectivity index (χ2v) is 6.96. The van der Waals surface area contributed by atoms with Crippen LogP contribution < -0.4 is 14.8 Å². The van der Waals surface area contributed by atoms with Crippen molar-refractivity contribution in [3.8, 4) is 11.5 Å².